The topological polar surface area (TPSA) is 52.2 Å². The van der Waals surface area contributed by atoms with Gasteiger partial charge in [-0.2, -0.15) is 0 Å². The van der Waals surface area contributed by atoms with Crippen molar-refractivity contribution >= 4 is 61.8 Å². The van der Waals surface area contributed by atoms with Gasteiger partial charge in [-0.3, -0.25) is 9.20 Å². The average Bonchev–Trinajstić information content (AvgIpc) is 3.27. The number of benzene rings is 2. The van der Waals surface area contributed by atoms with Crippen LogP contribution in [0.15, 0.2) is 69.8 Å². The quantitative estimate of drug-likeness (QED) is 0.285. The molecule has 0 atom stereocenters. The maximum absolute atomic E-state index is 12.6. The third kappa shape index (κ3) is 3.20. The van der Waals surface area contributed by atoms with Crippen molar-refractivity contribution in [3.63, 3.8) is 0 Å². The Balaban J connectivity index is 1.44. The predicted molar refractivity (Wildman–Crippen MR) is 119 cm³/mol. The molecule has 9 heteroatoms. The van der Waals surface area contributed by atoms with E-state index in [0.717, 1.165) is 25.9 Å². The summed E-state index contributed by atoms with van der Waals surface area (Å²) >= 11 is 9.97. The average molecular weight is 441 g/mol. The molecule has 28 heavy (non-hydrogen) atoms. The molecule has 5 nitrogen and oxygen atoms in total. The number of nitrogens with zero attached hydrogens (tertiary/aromatic N) is 4. The fourth-order valence-electron chi connectivity index (χ4n) is 2.88. The van der Waals surface area contributed by atoms with Crippen molar-refractivity contribution < 1.29 is 0 Å². The Morgan fingerprint density at radius 3 is 2.68 bits per heavy atom. The van der Waals surface area contributed by atoms with Crippen LogP contribution in [0.1, 0.15) is 5.69 Å². The van der Waals surface area contributed by atoms with E-state index in [1.165, 1.54) is 22.7 Å². The van der Waals surface area contributed by atoms with E-state index in [2.05, 4.69) is 10.1 Å². The summed E-state index contributed by atoms with van der Waals surface area (Å²) in [4.78, 5) is 18.0. The molecule has 0 fully saturated rings. The first-order valence-electron chi connectivity index (χ1n) is 8.38. The number of para-hydroxylation sites is 2. The molecule has 5 aromatic rings. The van der Waals surface area contributed by atoms with Gasteiger partial charge in [-0.1, -0.05) is 64.8 Å². The molecule has 0 unspecified atom stereocenters. The van der Waals surface area contributed by atoms with Gasteiger partial charge in [0, 0.05) is 11.8 Å². The van der Waals surface area contributed by atoms with Gasteiger partial charge in [-0.15, -0.1) is 5.10 Å². The minimum absolute atomic E-state index is 0.0551. The third-order valence-electron chi connectivity index (χ3n) is 4.12. The van der Waals surface area contributed by atoms with Crippen LogP contribution < -0.4 is 5.56 Å². The van der Waals surface area contributed by atoms with Gasteiger partial charge in [0.15, 0.2) is 13.3 Å². The van der Waals surface area contributed by atoms with E-state index in [4.69, 9.17) is 12.2 Å². The van der Waals surface area contributed by atoms with Crippen molar-refractivity contribution in [1.29, 1.82) is 0 Å². The van der Waals surface area contributed by atoms with E-state index in [0.29, 0.717) is 14.7 Å². The molecule has 0 N–H and O–H groups in total. The fourth-order valence-corrected chi connectivity index (χ4v) is 6.19. The number of hydrogen-bond acceptors (Lipinski definition) is 7. The van der Waals surface area contributed by atoms with E-state index in [-0.39, 0.29) is 5.56 Å². The van der Waals surface area contributed by atoms with Crippen molar-refractivity contribution in [2.24, 2.45) is 0 Å². The molecule has 138 valence electrons. The molecule has 0 aliphatic carbocycles. The number of fused-ring (bicyclic) bond motifs is 3. The van der Waals surface area contributed by atoms with Crippen molar-refractivity contribution in [2.75, 3.05) is 0 Å². The highest BCUT2D eigenvalue weighted by Gasteiger charge is 2.11. The molecular formula is C19H12N4OS4. The van der Waals surface area contributed by atoms with Crippen molar-refractivity contribution in [3.8, 4) is 5.69 Å². The van der Waals surface area contributed by atoms with Crippen LogP contribution in [0, 0.1) is 3.95 Å². The Hall–Kier alpha value is -2.33. The first-order chi connectivity index (χ1) is 13.7. The molecule has 0 spiro atoms. The van der Waals surface area contributed by atoms with Gasteiger partial charge >= 0.3 is 0 Å². The lowest BCUT2D eigenvalue weighted by atomic mass is 10.3. The molecule has 0 saturated carbocycles. The van der Waals surface area contributed by atoms with Gasteiger partial charge in [-0.05, 0) is 36.5 Å². The lowest BCUT2D eigenvalue weighted by Crippen LogP contribution is -2.13. The van der Waals surface area contributed by atoms with Crippen LogP contribution >= 0.6 is 46.7 Å². The summed E-state index contributed by atoms with van der Waals surface area (Å²) in [5.74, 6) is 0.567. The smallest absolute Gasteiger partial charge is 0.259 e. The van der Waals surface area contributed by atoms with Crippen LogP contribution in [-0.2, 0) is 5.75 Å². The van der Waals surface area contributed by atoms with Crippen molar-refractivity contribution in [1.82, 2.24) is 19.2 Å². The third-order valence-corrected chi connectivity index (χ3v) is 7.54. The van der Waals surface area contributed by atoms with Crippen LogP contribution in [0.2, 0.25) is 0 Å². The van der Waals surface area contributed by atoms with Gasteiger partial charge in [0.25, 0.3) is 5.56 Å². The lowest BCUT2D eigenvalue weighted by Gasteiger charge is -2.00. The van der Waals surface area contributed by atoms with Crippen molar-refractivity contribution in [3.05, 3.63) is 80.7 Å². The van der Waals surface area contributed by atoms with E-state index in [1.54, 1.807) is 26.9 Å². The second-order valence-corrected chi connectivity index (χ2v) is 9.80. The summed E-state index contributed by atoms with van der Waals surface area (Å²) in [5.41, 5.74) is 2.53. The van der Waals surface area contributed by atoms with E-state index in [1.807, 2.05) is 54.6 Å². The van der Waals surface area contributed by atoms with Crippen LogP contribution in [-0.4, -0.2) is 19.2 Å². The van der Waals surface area contributed by atoms with Gasteiger partial charge < -0.3 is 0 Å². The summed E-state index contributed by atoms with van der Waals surface area (Å²) < 4.78 is 6.03. The predicted octanol–water partition coefficient (Wildman–Crippen LogP) is 5.18. The molecule has 3 aromatic heterocycles. The van der Waals surface area contributed by atoms with E-state index in [9.17, 15) is 4.79 Å². The second kappa shape index (κ2) is 7.25. The number of aromatic nitrogens is 4. The first kappa shape index (κ1) is 17.7. The summed E-state index contributed by atoms with van der Waals surface area (Å²) in [6.07, 6.45) is 0. The molecule has 3 heterocycles. The maximum atomic E-state index is 12.6. The zero-order valence-corrected chi connectivity index (χ0v) is 17.6. The van der Waals surface area contributed by atoms with E-state index >= 15 is 0 Å². The minimum atomic E-state index is -0.0551. The maximum Gasteiger partial charge on any atom is 0.259 e. The zero-order chi connectivity index (χ0) is 19.1. The number of hydrogen-bond donors (Lipinski definition) is 0. The van der Waals surface area contributed by atoms with Gasteiger partial charge in [0.1, 0.15) is 0 Å². The summed E-state index contributed by atoms with van der Waals surface area (Å²) in [7, 11) is 0. The minimum Gasteiger partial charge on any atom is -0.269 e. The first-order valence-corrected chi connectivity index (χ1v) is 11.4. The van der Waals surface area contributed by atoms with E-state index < -0.39 is 0 Å². The van der Waals surface area contributed by atoms with Crippen LogP contribution in [0.4, 0.5) is 0 Å². The molecule has 0 aliphatic heterocycles. The monoisotopic (exact) mass is 440 g/mol. The molecule has 0 amide bonds. The van der Waals surface area contributed by atoms with Crippen molar-refractivity contribution in [2.45, 2.75) is 10.1 Å². The molecular weight excluding hydrogens is 429 g/mol. The molecule has 0 aliphatic rings. The summed E-state index contributed by atoms with van der Waals surface area (Å²) in [6.45, 7) is 0. The van der Waals surface area contributed by atoms with Crippen LogP contribution in [0.5, 0.6) is 0 Å². The Labute approximate surface area is 176 Å². The zero-order valence-electron chi connectivity index (χ0n) is 14.3. The normalized spacial score (nSPS) is 11.4. The Kier molecular flexibility index (Phi) is 4.59. The second-order valence-electron chi connectivity index (χ2n) is 5.94. The Morgan fingerprint density at radius 2 is 1.82 bits per heavy atom. The van der Waals surface area contributed by atoms with Crippen LogP contribution in [0.25, 0.3) is 20.9 Å². The Morgan fingerprint density at radius 1 is 1.04 bits per heavy atom. The molecule has 0 bridgehead atoms. The molecule has 0 radical (unpaired) electrons. The standard InChI is InChI=1S/C19H12N4OS4/c24-16-10-12(20-17-22(16)14-8-4-5-9-15(14)27-17)11-26-18-21-23(19(25)28-18)13-6-2-1-3-7-13/h1-10H,11H2. The summed E-state index contributed by atoms with van der Waals surface area (Å²) in [6, 6.07) is 19.3. The number of thioether (sulfide) groups is 1. The SMILES string of the molecule is O=c1cc(CSc2nn(-c3ccccc3)c(=S)s2)nc2sc3ccccc3n12. The number of thiazole rings is 1. The van der Waals surface area contributed by atoms with Gasteiger partial charge in [-0.25, -0.2) is 9.67 Å². The van der Waals surface area contributed by atoms with Crippen LogP contribution in [0.3, 0.4) is 0 Å². The van der Waals surface area contributed by atoms with Gasteiger partial charge in [0.2, 0.25) is 0 Å². The fraction of sp³-hybridized carbons (Fsp3) is 0.0526. The molecule has 0 saturated heterocycles. The highest BCUT2D eigenvalue weighted by Crippen LogP contribution is 2.28. The molecule has 2 aromatic carbocycles. The van der Waals surface area contributed by atoms with Gasteiger partial charge in [0.05, 0.1) is 21.6 Å². The number of rotatable bonds is 4. The largest absolute Gasteiger partial charge is 0.269 e. The lowest BCUT2D eigenvalue weighted by molar-refractivity contribution is 0.829. The highest BCUT2D eigenvalue weighted by molar-refractivity contribution is 8.00. The Bertz CT molecular complexity index is 1410. The highest BCUT2D eigenvalue weighted by atomic mass is 32.2. The summed E-state index contributed by atoms with van der Waals surface area (Å²) in [5, 5.41) is 4.60. The molecule has 5 rings (SSSR count).